The Morgan fingerprint density at radius 3 is 2.80 bits per heavy atom. The second-order valence-corrected chi connectivity index (χ2v) is 4.88. The highest BCUT2D eigenvalue weighted by atomic mass is 16.2. The summed E-state index contributed by atoms with van der Waals surface area (Å²) < 4.78 is 0. The summed E-state index contributed by atoms with van der Waals surface area (Å²) in [6.07, 6.45) is 7.24. The first-order chi connectivity index (χ1) is 9.72. The van der Waals surface area contributed by atoms with Gasteiger partial charge in [-0.15, -0.1) is 6.58 Å². The van der Waals surface area contributed by atoms with Crippen LogP contribution in [-0.2, 0) is 9.59 Å². The molecule has 1 aliphatic rings. The zero-order chi connectivity index (χ0) is 14.4. The second kappa shape index (κ2) is 6.85. The lowest BCUT2D eigenvalue weighted by atomic mass is 10.1. The predicted molar refractivity (Wildman–Crippen MR) is 79.7 cm³/mol. The van der Waals surface area contributed by atoms with Crippen LogP contribution in [0, 0.1) is 5.92 Å². The van der Waals surface area contributed by atoms with E-state index in [0.29, 0.717) is 25.8 Å². The van der Waals surface area contributed by atoms with Gasteiger partial charge in [0.15, 0.2) is 0 Å². The molecule has 1 saturated heterocycles. The van der Waals surface area contributed by atoms with E-state index < -0.39 is 0 Å². The van der Waals surface area contributed by atoms with Gasteiger partial charge in [-0.3, -0.25) is 14.5 Å². The molecule has 0 bridgehead atoms. The average molecular weight is 269 g/mol. The van der Waals surface area contributed by atoms with Crippen molar-refractivity contribution in [1.29, 1.82) is 0 Å². The molecular weight excluding hydrogens is 250 g/mol. The van der Waals surface area contributed by atoms with Crippen LogP contribution < -0.4 is 0 Å². The molecule has 1 heterocycles. The highest BCUT2D eigenvalue weighted by molar-refractivity contribution is 5.98. The first kappa shape index (κ1) is 14.3. The molecule has 104 valence electrons. The van der Waals surface area contributed by atoms with Crippen LogP contribution in [0.15, 0.2) is 49.1 Å². The molecule has 2 rings (SSSR count). The summed E-state index contributed by atoms with van der Waals surface area (Å²) in [7, 11) is 0. The summed E-state index contributed by atoms with van der Waals surface area (Å²) in [5, 5.41) is 0. The lowest BCUT2D eigenvalue weighted by Crippen LogP contribution is -2.33. The predicted octanol–water partition coefficient (Wildman–Crippen LogP) is 3.04. The van der Waals surface area contributed by atoms with Gasteiger partial charge in [-0.2, -0.15) is 0 Å². The van der Waals surface area contributed by atoms with Crippen LogP contribution in [0.5, 0.6) is 0 Å². The van der Waals surface area contributed by atoms with Crippen molar-refractivity contribution >= 4 is 17.9 Å². The molecule has 3 nitrogen and oxygen atoms in total. The molecule has 0 aliphatic carbocycles. The highest BCUT2D eigenvalue weighted by Gasteiger charge is 2.33. The van der Waals surface area contributed by atoms with Crippen LogP contribution in [0.1, 0.15) is 24.8 Å². The van der Waals surface area contributed by atoms with Gasteiger partial charge < -0.3 is 0 Å². The summed E-state index contributed by atoms with van der Waals surface area (Å²) in [6, 6.07) is 9.85. The minimum Gasteiger partial charge on any atom is -0.282 e. The van der Waals surface area contributed by atoms with E-state index in [1.54, 1.807) is 6.08 Å². The fourth-order valence-electron chi connectivity index (χ4n) is 2.28. The minimum absolute atomic E-state index is 0.0776. The first-order valence-corrected chi connectivity index (χ1v) is 6.90. The molecule has 2 amide bonds. The minimum atomic E-state index is -0.178. The zero-order valence-electron chi connectivity index (χ0n) is 11.5. The van der Waals surface area contributed by atoms with Crippen molar-refractivity contribution in [1.82, 2.24) is 4.90 Å². The number of likely N-dealkylation sites (tertiary alicyclic amines) is 1. The fourth-order valence-corrected chi connectivity index (χ4v) is 2.28. The number of amides is 2. The van der Waals surface area contributed by atoms with Crippen LogP contribution in [0.2, 0.25) is 0 Å². The molecule has 0 radical (unpaired) electrons. The monoisotopic (exact) mass is 269 g/mol. The number of carbonyl (C=O) groups excluding carboxylic acids is 2. The van der Waals surface area contributed by atoms with Crippen LogP contribution in [-0.4, -0.2) is 23.3 Å². The number of nitrogens with zero attached hydrogens (tertiary/aromatic N) is 1. The summed E-state index contributed by atoms with van der Waals surface area (Å²) in [4.78, 5) is 25.4. The number of benzene rings is 1. The molecule has 0 N–H and O–H groups in total. The van der Waals surface area contributed by atoms with Crippen molar-refractivity contribution < 1.29 is 9.59 Å². The number of hydrogen-bond acceptors (Lipinski definition) is 2. The van der Waals surface area contributed by atoms with Gasteiger partial charge in [0.05, 0.1) is 5.92 Å². The third-order valence-corrected chi connectivity index (χ3v) is 3.43. The van der Waals surface area contributed by atoms with Crippen molar-refractivity contribution in [2.24, 2.45) is 5.92 Å². The summed E-state index contributed by atoms with van der Waals surface area (Å²) in [5.74, 6) is -0.348. The zero-order valence-corrected chi connectivity index (χ0v) is 11.5. The van der Waals surface area contributed by atoms with Crippen molar-refractivity contribution in [2.45, 2.75) is 19.3 Å². The topological polar surface area (TPSA) is 37.4 Å². The molecule has 20 heavy (non-hydrogen) atoms. The van der Waals surface area contributed by atoms with E-state index in [1.165, 1.54) is 4.90 Å². The number of allylic oxidation sites excluding steroid dienone is 1. The van der Waals surface area contributed by atoms with E-state index in [9.17, 15) is 9.59 Å². The third-order valence-electron chi connectivity index (χ3n) is 3.43. The molecule has 1 fully saturated rings. The summed E-state index contributed by atoms with van der Waals surface area (Å²) in [6.45, 7) is 4.12. The molecule has 0 spiro atoms. The lowest BCUT2D eigenvalue weighted by molar-refractivity contribution is -0.142. The number of carbonyl (C=O) groups is 2. The third kappa shape index (κ3) is 3.44. The van der Waals surface area contributed by atoms with Crippen molar-refractivity contribution in [2.75, 3.05) is 6.54 Å². The van der Waals surface area contributed by atoms with Gasteiger partial charge in [0.25, 0.3) is 0 Å². The van der Waals surface area contributed by atoms with Crippen LogP contribution in [0.25, 0.3) is 6.08 Å². The Labute approximate surface area is 119 Å². The van der Waals surface area contributed by atoms with Gasteiger partial charge >= 0.3 is 0 Å². The van der Waals surface area contributed by atoms with E-state index in [0.717, 1.165) is 5.56 Å². The summed E-state index contributed by atoms with van der Waals surface area (Å²) in [5.41, 5.74) is 1.07. The molecule has 1 aromatic carbocycles. The van der Waals surface area contributed by atoms with Crippen LogP contribution in [0.4, 0.5) is 0 Å². The normalized spacial score (nSPS) is 18.7. The van der Waals surface area contributed by atoms with E-state index in [-0.39, 0.29) is 17.7 Å². The standard InChI is InChI=1S/C17H19NO2/c1-2-3-9-16(19)18-13-12-15(17(18)20)11-10-14-7-5-4-6-8-14/h2,4-8,10-11,15H,1,3,9,12-13H2/b11-10+. The first-order valence-electron chi connectivity index (χ1n) is 6.90. The molecule has 3 heteroatoms. The Morgan fingerprint density at radius 1 is 1.35 bits per heavy atom. The van der Waals surface area contributed by atoms with E-state index >= 15 is 0 Å². The van der Waals surface area contributed by atoms with Crippen LogP contribution in [0.3, 0.4) is 0 Å². The maximum absolute atomic E-state index is 12.2. The van der Waals surface area contributed by atoms with Gasteiger partial charge in [0.1, 0.15) is 0 Å². The highest BCUT2D eigenvalue weighted by Crippen LogP contribution is 2.21. The maximum Gasteiger partial charge on any atom is 0.236 e. The molecule has 1 atom stereocenters. The average Bonchev–Trinajstić information content (AvgIpc) is 2.85. The number of imide groups is 1. The quantitative estimate of drug-likeness (QED) is 0.770. The Bertz CT molecular complexity index is 519. The molecule has 1 aromatic rings. The second-order valence-electron chi connectivity index (χ2n) is 4.88. The Balaban J connectivity index is 1.96. The molecule has 0 saturated carbocycles. The maximum atomic E-state index is 12.2. The van der Waals surface area contributed by atoms with E-state index in [4.69, 9.17) is 0 Å². The van der Waals surface area contributed by atoms with Gasteiger partial charge in [0, 0.05) is 13.0 Å². The van der Waals surface area contributed by atoms with Crippen LogP contribution >= 0.6 is 0 Å². The Kier molecular flexibility index (Phi) is 4.88. The number of hydrogen-bond donors (Lipinski definition) is 0. The fraction of sp³-hybridized carbons (Fsp3) is 0.294. The van der Waals surface area contributed by atoms with E-state index in [2.05, 4.69) is 6.58 Å². The smallest absolute Gasteiger partial charge is 0.236 e. The van der Waals surface area contributed by atoms with Crippen molar-refractivity contribution in [3.63, 3.8) is 0 Å². The Hall–Kier alpha value is -2.16. The van der Waals surface area contributed by atoms with Gasteiger partial charge in [-0.05, 0) is 18.4 Å². The Morgan fingerprint density at radius 2 is 2.10 bits per heavy atom. The van der Waals surface area contributed by atoms with Gasteiger partial charge in [-0.25, -0.2) is 0 Å². The molecular formula is C17H19NO2. The SMILES string of the molecule is C=CCCC(=O)N1CCC(/C=C/c2ccccc2)C1=O. The summed E-state index contributed by atoms with van der Waals surface area (Å²) >= 11 is 0. The lowest BCUT2D eigenvalue weighted by Gasteiger charge is -2.13. The van der Waals surface area contributed by atoms with Gasteiger partial charge in [0.2, 0.25) is 11.8 Å². The van der Waals surface area contributed by atoms with Crippen molar-refractivity contribution in [3.05, 3.63) is 54.6 Å². The molecule has 1 aliphatic heterocycles. The molecule has 1 unspecified atom stereocenters. The van der Waals surface area contributed by atoms with Crippen molar-refractivity contribution in [3.8, 4) is 0 Å². The molecule has 0 aromatic heterocycles. The largest absolute Gasteiger partial charge is 0.282 e. The van der Waals surface area contributed by atoms with E-state index in [1.807, 2.05) is 42.5 Å². The van der Waals surface area contributed by atoms with Gasteiger partial charge in [-0.1, -0.05) is 48.6 Å². The number of rotatable bonds is 5.